The first-order chi connectivity index (χ1) is 5.70. The van der Waals surface area contributed by atoms with Gasteiger partial charge in [-0.25, -0.2) is 4.39 Å². The van der Waals surface area contributed by atoms with Crippen LogP contribution >= 0.6 is 11.6 Å². The highest BCUT2D eigenvalue weighted by atomic mass is 35.5. The summed E-state index contributed by atoms with van der Waals surface area (Å²) in [6, 6.07) is 2.89. The Labute approximate surface area is 75.3 Å². The monoisotopic (exact) mass is 185 g/mol. The molecule has 2 N–H and O–H groups in total. The normalized spacial score (nSPS) is 21.1. The fourth-order valence-electron chi connectivity index (χ4n) is 1.71. The number of fused-ring (bicyclic) bond motifs is 1. The van der Waals surface area contributed by atoms with Crippen LogP contribution in [0.4, 0.5) is 4.39 Å². The van der Waals surface area contributed by atoms with Crippen molar-refractivity contribution >= 4 is 11.6 Å². The smallest absolute Gasteiger partial charge is 0.126 e. The highest BCUT2D eigenvalue weighted by Crippen LogP contribution is 2.36. The third-order valence-electron chi connectivity index (χ3n) is 2.32. The van der Waals surface area contributed by atoms with Crippen molar-refractivity contribution in [3.05, 3.63) is 34.1 Å². The number of hydrogen-bond acceptors (Lipinski definition) is 1. The summed E-state index contributed by atoms with van der Waals surface area (Å²) in [4.78, 5) is 0. The van der Waals surface area contributed by atoms with Crippen molar-refractivity contribution in [1.29, 1.82) is 0 Å². The van der Waals surface area contributed by atoms with Gasteiger partial charge in [-0.1, -0.05) is 11.6 Å². The van der Waals surface area contributed by atoms with Gasteiger partial charge in [-0.2, -0.15) is 0 Å². The number of halogens is 2. The summed E-state index contributed by atoms with van der Waals surface area (Å²) in [5, 5.41) is 0.594. The minimum atomic E-state index is -0.178. The third kappa shape index (κ3) is 1.03. The molecule has 2 rings (SSSR count). The van der Waals surface area contributed by atoms with E-state index in [1.807, 2.05) is 0 Å². The molecule has 1 aromatic carbocycles. The van der Waals surface area contributed by atoms with E-state index in [9.17, 15) is 4.39 Å². The fourth-order valence-corrected chi connectivity index (χ4v) is 2.03. The Kier molecular flexibility index (Phi) is 1.81. The predicted molar refractivity (Wildman–Crippen MR) is 46.7 cm³/mol. The largest absolute Gasteiger partial charge is 0.324 e. The number of rotatable bonds is 0. The highest BCUT2D eigenvalue weighted by Gasteiger charge is 2.24. The topological polar surface area (TPSA) is 26.0 Å². The molecule has 3 heteroatoms. The summed E-state index contributed by atoms with van der Waals surface area (Å²) >= 11 is 5.89. The van der Waals surface area contributed by atoms with Crippen LogP contribution in [0, 0.1) is 5.82 Å². The maximum Gasteiger partial charge on any atom is 0.126 e. The molecule has 1 nitrogen and oxygen atoms in total. The Balaban J connectivity index is 2.64. The second-order valence-electron chi connectivity index (χ2n) is 3.07. The molecule has 64 valence electrons. The van der Waals surface area contributed by atoms with Gasteiger partial charge < -0.3 is 5.73 Å². The van der Waals surface area contributed by atoms with Gasteiger partial charge in [0.05, 0.1) is 0 Å². The summed E-state index contributed by atoms with van der Waals surface area (Å²) in [5.41, 5.74) is 7.27. The van der Waals surface area contributed by atoms with Gasteiger partial charge in [0.1, 0.15) is 5.82 Å². The van der Waals surface area contributed by atoms with Gasteiger partial charge in [0.25, 0.3) is 0 Å². The van der Waals surface area contributed by atoms with Crippen LogP contribution in [0.25, 0.3) is 0 Å². The third-order valence-corrected chi connectivity index (χ3v) is 2.65. The fraction of sp³-hybridized carbons (Fsp3) is 0.333. The second-order valence-corrected chi connectivity index (χ2v) is 3.47. The van der Waals surface area contributed by atoms with Gasteiger partial charge in [0.2, 0.25) is 0 Å². The summed E-state index contributed by atoms with van der Waals surface area (Å²) in [5.74, 6) is -0.178. The second kappa shape index (κ2) is 2.71. The van der Waals surface area contributed by atoms with Crippen molar-refractivity contribution in [2.75, 3.05) is 0 Å². The standard InChI is InChI=1S/C9H9ClFN/c10-6-2-3-7(11)5-1-4-8(12)9(5)6/h2-3,8H,1,4,12H2. The zero-order valence-electron chi connectivity index (χ0n) is 6.48. The molecule has 12 heavy (non-hydrogen) atoms. The zero-order chi connectivity index (χ0) is 8.72. The van der Waals surface area contributed by atoms with E-state index >= 15 is 0 Å². The molecule has 0 spiro atoms. The molecule has 0 fully saturated rings. The molecule has 1 unspecified atom stereocenters. The maximum absolute atomic E-state index is 13.1. The van der Waals surface area contributed by atoms with E-state index in [1.165, 1.54) is 6.07 Å². The Morgan fingerprint density at radius 3 is 2.92 bits per heavy atom. The van der Waals surface area contributed by atoms with Gasteiger partial charge in [0.15, 0.2) is 0 Å². The minimum absolute atomic E-state index is 0.0804. The molecule has 1 aliphatic carbocycles. The molecule has 0 saturated carbocycles. The number of hydrogen-bond donors (Lipinski definition) is 1. The van der Waals surface area contributed by atoms with E-state index in [0.717, 1.165) is 12.0 Å². The van der Waals surface area contributed by atoms with Gasteiger partial charge in [0, 0.05) is 11.1 Å². The SMILES string of the molecule is NC1CCc2c(F)ccc(Cl)c21. The van der Waals surface area contributed by atoms with E-state index in [2.05, 4.69) is 0 Å². The summed E-state index contributed by atoms with van der Waals surface area (Å²) in [7, 11) is 0. The lowest BCUT2D eigenvalue weighted by atomic mass is 10.1. The lowest BCUT2D eigenvalue weighted by Gasteiger charge is -2.06. The molecule has 0 aromatic heterocycles. The van der Waals surface area contributed by atoms with Crippen LogP contribution in [0.3, 0.4) is 0 Å². The molecule has 0 bridgehead atoms. The van der Waals surface area contributed by atoms with Gasteiger partial charge >= 0.3 is 0 Å². The van der Waals surface area contributed by atoms with Crippen molar-refractivity contribution in [2.24, 2.45) is 5.73 Å². The molecular formula is C9H9ClFN. The van der Waals surface area contributed by atoms with Gasteiger partial charge in [-0.15, -0.1) is 0 Å². The van der Waals surface area contributed by atoms with Crippen molar-refractivity contribution in [3.8, 4) is 0 Å². The van der Waals surface area contributed by atoms with E-state index in [0.29, 0.717) is 17.0 Å². The van der Waals surface area contributed by atoms with E-state index in [-0.39, 0.29) is 11.9 Å². The number of benzene rings is 1. The van der Waals surface area contributed by atoms with Gasteiger partial charge in [-0.3, -0.25) is 0 Å². The first-order valence-corrected chi connectivity index (χ1v) is 4.30. The summed E-state index contributed by atoms with van der Waals surface area (Å²) in [6.07, 6.45) is 1.51. The minimum Gasteiger partial charge on any atom is -0.324 e. The quantitative estimate of drug-likeness (QED) is 0.660. The molecule has 0 radical (unpaired) electrons. The molecule has 0 saturated heterocycles. The Bertz CT molecular complexity index is 325. The molecule has 0 aliphatic heterocycles. The predicted octanol–water partition coefficient (Wildman–Crippen LogP) is 2.43. The molecule has 1 aliphatic rings. The summed E-state index contributed by atoms with van der Waals surface area (Å²) < 4.78 is 13.1. The van der Waals surface area contributed by atoms with Crippen molar-refractivity contribution in [3.63, 3.8) is 0 Å². The van der Waals surface area contributed by atoms with Crippen LogP contribution in [0.5, 0.6) is 0 Å². The van der Waals surface area contributed by atoms with E-state index in [4.69, 9.17) is 17.3 Å². The first-order valence-electron chi connectivity index (χ1n) is 3.92. The van der Waals surface area contributed by atoms with Crippen molar-refractivity contribution in [2.45, 2.75) is 18.9 Å². The highest BCUT2D eigenvalue weighted by molar-refractivity contribution is 6.31. The number of nitrogens with two attached hydrogens (primary N) is 1. The Morgan fingerprint density at radius 1 is 1.50 bits per heavy atom. The van der Waals surface area contributed by atoms with Crippen LogP contribution < -0.4 is 5.73 Å². The molecule has 1 atom stereocenters. The average Bonchev–Trinajstić information content (AvgIpc) is 2.42. The maximum atomic E-state index is 13.1. The lowest BCUT2D eigenvalue weighted by molar-refractivity contribution is 0.612. The van der Waals surface area contributed by atoms with Crippen LogP contribution in [0.15, 0.2) is 12.1 Å². The van der Waals surface area contributed by atoms with E-state index < -0.39 is 0 Å². The molecule has 1 aromatic rings. The summed E-state index contributed by atoms with van der Waals surface area (Å²) in [6.45, 7) is 0. The molecule has 0 amide bonds. The van der Waals surface area contributed by atoms with Crippen LogP contribution in [-0.2, 0) is 6.42 Å². The average molecular weight is 186 g/mol. The van der Waals surface area contributed by atoms with Gasteiger partial charge in [-0.05, 0) is 36.1 Å². The van der Waals surface area contributed by atoms with Crippen molar-refractivity contribution < 1.29 is 4.39 Å². The van der Waals surface area contributed by atoms with Crippen LogP contribution in [0.1, 0.15) is 23.6 Å². The Hall–Kier alpha value is -0.600. The van der Waals surface area contributed by atoms with Crippen LogP contribution in [-0.4, -0.2) is 0 Å². The van der Waals surface area contributed by atoms with Crippen molar-refractivity contribution in [1.82, 2.24) is 0 Å². The van der Waals surface area contributed by atoms with E-state index in [1.54, 1.807) is 6.07 Å². The Morgan fingerprint density at radius 2 is 2.25 bits per heavy atom. The lowest BCUT2D eigenvalue weighted by Crippen LogP contribution is -2.06. The molecule has 0 heterocycles. The van der Waals surface area contributed by atoms with Crippen LogP contribution in [0.2, 0.25) is 5.02 Å². The zero-order valence-corrected chi connectivity index (χ0v) is 7.24. The first kappa shape index (κ1) is 8.02. The molecular weight excluding hydrogens is 177 g/mol.